The zero-order valence-electron chi connectivity index (χ0n) is 19.9. The highest BCUT2D eigenvalue weighted by atomic mass is 31.0. The minimum Gasteiger partial charge on any atom is -0.412 e. The van der Waals surface area contributed by atoms with Crippen LogP contribution in [-0.2, 0) is 0 Å². The van der Waals surface area contributed by atoms with E-state index in [4.69, 9.17) is 0 Å². The molecule has 2 aromatic rings. The van der Waals surface area contributed by atoms with Gasteiger partial charge in [0.05, 0.1) is 0 Å². The molecule has 0 saturated heterocycles. The summed E-state index contributed by atoms with van der Waals surface area (Å²) in [5, 5.41) is 3.04. The monoisotopic (exact) mass is 430 g/mol. The summed E-state index contributed by atoms with van der Waals surface area (Å²) in [7, 11) is 3.12. The van der Waals surface area contributed by atoms with Crippen LogP contribution in [0.25, 0.3) is 10.8 Å². The van der Waals surface area contributed by atoms with Crippen molar-refractivity contribution in [2.75, 3.05) is 0 Å². The first-order valence-electron chi connectivity index (χ1n) is 12.3. The highest BCUT2D eigenvalue weighted by molar-refractivity contribution is 7.19. The molecule has 0 aliphatic carbocycles. The molecule has 0 fully saturated rings. The molecule has 0 aliphatic rings. The van der Waals surface area contributed by atoms with E-state index in [0.717, 1.165) is 0 Å². The zero-order chi connectivity index (χ0) is 21.0. The van der Waals surface area contributed by atoms with Gasteiger partial charge in [-0.1, -0.05) is 140 Å². The highest BCUT2D eigenvalue weighted by Gasteiger charge is 2.27. The number of rotatable bonds is 15. The molecule has 0 radical (unpaired) electrons. The Balaban J connectivity index is 0.00000450. The Kier molecular flexibility index (Phi) is 13.5. The maximum Gasteiger partial charge on any atom is -0.00700 e. The Hall–Kier alpha value is -0.910. The first-order chi connectivity index (χ1) is 14.0. The van der Waals surface area contributed by atoms with Crippen LogP contribution in [0, 0.1) is 0 Å². The molecule has 2 atom stereocenters. The Labute approximate surface area is 188 Å². The molecule has 2 N–H and O–H groups in total. The summed E-state index contributed by atoms with van der Waals surface area (Å²) in [5.41, 5.74) is 1.53. The van der Waals surface area contributed by atoms with E-state index < -0.39 is 0 Å². The molecule has 2 rings (SSSR count). The van der Waals surface area contributed by atoms with Crippen LogP contribution >= 0.6 is 9.24 Å². The van der Waals surface area contributed by atoms with E-state index >= 15 is 0 Å². The average Bonchev–Trinajstić information content (AvgIpc) is 2.70. The smallest absolute Gasteiger partial charge is 0.00700 e. The third-order valence-electron chi connectivity index (χ3n) is 6.44. The molecular formula is C28H47OP. The standard InChI is InChI=1S/C28H45P.H2O/c1-4-5-6-7-8-9-10-11-12-13-14-15-23-27(28(2,3)29)26-22-18-20-24-19-16-17-21-25(24)26;/h16-22,27H,4-15,23,29H2,1-3H3;1H2. The number of hydrogen-bond donors (Lipinski definition) is 0. The van der Waals surface area contributed by atoms with Crippen molar-refractivity contribution in [3.05, 3.63) is 48.0 Å². The maximum absolute atomic E-state index is 3.12. The van der Waals surface area contributed by atoms with Crippen molar-refractivity contribution in [3.8, 4) is 0 Å². The maximum atomic E-state index is 3.12. The average molecular weight is 431 g/mol. The van der Waals surface area contributed by atoms with Gasteiger partial charge in [0.15, 0.2) is 0 Å². The van der Waals surface area contributed by atoms with Crippen LogP contribution in [0.5, 0.6) is 0 Å². The minimum atomic E-state index is 0. The van der Waals surface area contributed by atoms with E-state index in [0.29, 0.717) is 5.92 Å². The summed E-state index contributed by atoms with van der Waals surface area (Å²) in [6, 6.07) is 15.7. The SMILES string of the molecule is CCCCCCCCCCCCCCC(c1cccc2ccccc12)C(C)(C)P.O. The van der Waals surface area contributed by atoms with Gasteiger partial charge in [-0.25, -0.2) is 0 Å². The first kappa shape index (κ1) is 27.1. The van der Waals surface area contributed by atoms with Crippen molar-refractivity contribution in [2.24, 2.45) is 0 Å². The van der Waals surface area contributed by atoms with Gasteiger partial charge in [0.1, 0.15) is 0 Å². The van der Waals surface area contributed by atoms with E-state index in [9.17, 15) is 0 Å². The van der Waals surface area contributed by atoms with E-state index in [-0.39, 0.29) is 10.6 Å². The van der Waals surface area contributed by atoms with Gasteiger partial charge in [-0.15, -0.1) is 9.24 Å². The molecule has 1 nitrogen and oxygen atoms in total. The molecule has 0 spiro atoms. The van der Waals surface area contributed by atoms with E-state index in [1.165, 1.54) is 99.8 Å². The lowest BCUT2D eigenvalue weighted by Crippen LogP contribution is -2.22. The van der Waals surface area contributed by atoms with Gasteiger partial charge in [0.25, 0.3) is 0 Å². The molecule has 170 valence electrons. The first-order valence-corrected chi connectivity index (χ1v) is 12.9. The highest BCUT2D eigenvalue weighted by Crippen LogP contribution is 2.41. The Bertz CT molecular complexity index is 683. The van der Waals surface area contributed by atoms with Crippen LogP contribution in [0.3, 0.4) is 0 Å². The van der Waals surface area contributed by atoms with Crippen LogP contribution in [0.2, 0.25) is 0 Å². The second-order valence-electron chi connectivity index (χ2n) is 9.62. The molecule has 2 aromatic carbocycles. The van der Waals surface area contributed by atoms with Crippen molar-refractivity contribution < 1.29 is 5.48 Å². The molecule has 0 saturated carbocycles. The number of unbranched alkanes of at least 4 members (excludes halogenated alkanes) is 11. The van der Waals surface area contributed by atoms with Crippen LogP contribution in [0.15, 0.2) is 42.5 Å². The Morgan fingerprint density at radius 1 is 0.700 bits per heavy atom. The number of hydrogen-bond acceptors (Lipinski definition) is 0. The summed E-state index contributed by atoms with van der Waals surface area (Å²) >= 11 is 0. The third kappa shape index (κ3) is 9.49. The summed E-state index contributed by atoms with van der Waals surface area (Å²) in [4.78, 5) is 0. The van der Waals surface area contributed by atoms with Crippen LogP contribution < -0.4 is 0 Å². The number of fused-ring (bicyclic) bond motifs is 1. The van der Waals surface area contributed by atoms with Gasteiger partial charge in [0, 0.05) is 0 Å². The van der Waals surface area contributed by atoms with Crippen molar-refractivity contribution in [1.82, 2.24) is 0 Å². The van der Waals surface area contributed by atoms with Crippen LogP contribution in [0.4, 0.5) is 0 Å². The fraction of sp³-hybridized carbons (Fsp3) is 0.643. The fourth-order valence-corrected chi connectivity index (χ4v) is 5.02. The van der Waals surface area contributed by atoms with Gasteiger partial charge in [-0.2, -0.15) is 0 Å². The van der Waals surface area contributed by atoms with Gasteiger partial charge >= 0.3 is 0 Å². The predicted octanol–water partition coefficient (Wildman–Crippen LogP) is 8.84. The van der Waals surface area contributed by atoms with Crippen molar-refractivity contribution in [1.29, 1.82) is 0 Å². The summed E-state index contributed by atoms with van der Waals surface area (Å²) in [6.45, 7) is 7.06. The summed E-state index contributed by atoms with van der Waals surface area (Å²) < 4.78 is 0. The van der Waals surface area contributed by atoms with Crippen molar-refractivity contribution in [3.63, 3.8) is 0 Å². The largest absolute Gasteiger partial charge is 0.412 e. The lowest BCUT2D eigenvalue weighted by Gasteiger charge is -2.32. The topological polar surface area (TPSA) is 31.5 Å². The molecule has 2 unspecified atom stereocenters. The molecule has 30 heavy (non-hydrogen) atoms. The Morgan fingerprint density at radius 2 is 1.20 bits per heavy atom. The lowest BCUT2D eigenvalue weighted by atomic mass is 9.81. The number of benzene rings is 2. The Morgan fingerprint density at radius 3 is 1.77 bits per heavy atom. The van der Waals surface area contributed by atoms with Gasteiger partial charge in [-0.05, 0) is 33.8 Å². The summed E-state index contributed by atoms with van der Waals surface area (Å²) in [6.07, 6.45) is 18.3. The second-order valence-corrected chi connectivity index (χ2v) is 11.1. The molecule has 0 heterocycles. The normalized spacial score (nSPS) is 12.7. The van der Waals surface area contributed by atoms with E-state index in [2.05, 4.69) is 72.5 Å². The minimum absolute atomic E-state index is 0. The van der Waals surface area contributed by atoms with Gasteiger partial charge < -0.3 is 5.48 Å². The van der Waals surface area contributed by atoms with Crippen LogP contribution in [0.1, 0.15) is 116 Å². The van der Waals surface area contributed by atoms with Crippen molar-refractivity contribution >= 4 is 20.0 Å². The predicted molar refractivity (Wildman–Crippen MR) is 140 cm³/mol. The van der Waals surface area contributed by atoms with Crippen molar-refractivity contribution in [2.45, 2.75) is 115 Å². The van der Waals surface area contributed by atoms with E-state index in [1.54, 1.807) is 0 Å². The molecule has 0 amide bonds. The third-order valence-corrected chi connectivity index (χ3v) is 6.85. The molecule has 2 heteroatoms. The zero-order valence-corrected chi connectivity index (χ0v) is 21.0. The fourth-order valence-electron chi connectivity index (χ4n) is 4.67. The lowest BCUT2D eigenvalue weighted by molar-refractivity contribution is 0.472. The molecule has 0 bridgehead atoms. The molecule has 0 aliphatic heterocycles. The van der Waals surface area contributed by atoms with Gasteiger partial charge in [-0.3, -0.25) is 0 Å². The van der Waals surface area contributed by atoms with Crippen LogP contribution in [-0.4, -0.2) is 10.6 Å². The second kappa shape index (κ2) is 15.0. The van der Waals surface area contributed by atoms with E-state index in [1.807, 2.05) is 0 Å². The summed E-state index contributed by atoms with van der Waals surface area (Å²) in [5.74, 6) is 0.599. The molecular weight excluding hydrogens is 383 g/mol. The quantitative estimate of drug-likeness (QED) is 0.200. The van der Waals surface area contributed by atoms with Gasteiger partial charge in [0.2, 0.25) is 0 Å². The molecule has 0 aromatic heterocycles.